The van der Waals surface area contributed by atoms with Crippen molar-refractivity contribution >= 4 is 0 Å². The third kappa shape index (κ3) is 15.5. The molecule has 2 N–H and O–H groups in total. The van der Waals surface area contributed by atoms with Crippen molar-refractivity contribution in [3.05, 3.63) is 0 Å². The molecule has 0 amide bonds. The number of unbranched alkanes of at least 4 members (excludes halogenated alkanes) is 10. The van der Waals surface area contributed by atoms with Crippen LogP contribution in [-0.2, 0) is 0 Å². The molecule has 0 aliphatic heterocycles. The van der Waals surface area contributed by atoms with Crippen molar-refractivity contribution < 1.29 is 0 Å². The molecule has 0 aliphatic rings. The third-order valence-corrected chi connectivity index (χ3v) is 3.04. The Morgan fingerprint density at radius 2 is 1.12 bits per heavy atom. The van der Waals surface area contributed by atoms with Gasteiger partial charge in [0.05, 0.1) is 0 Å². The van der Waals surface area contributed by atoms with Crippen LogP contribution in [0.25, 0.3) is 0 Å². The van der Waals surface area contributed by atoms with Crippen LogP contribution in [0.5, 0.6) is 0 Å². The van der Waals surface area contributed by atoms with Crippen LogP contribution in [0, 0.1) is 11.8 Å². The van der Waals surface area contributed by atoms with Crippen LogP contribution < -0.4 is 5.73 Å². The summed E-state index contributed by atoms with van der Waals surface area (Å²) in [5.41, 5.74) is 5.45. The topological polar surface area (TPSA) is 26.0 Å². The molecule has 17 heavy (non-hydrogen) atoms. The van der Waals surface area contributed by atoms with E-state index >= 15 is 0 Å². The van der Waals surface area contributed by atoms with E-state index < -0.39 is 0 Å². The van der Waals surface area contributed by atoms with Crippen molar-refractivity contribution in [2.75, 3.05) is 6.54 Å². The van der Waals surface area contributed by atoms with E-state index in [2.05, 4.69) is 18.8 Å². The normalized spacial score (nSPS) is 10.0. The molecule has 0 aromatic carbocycles. The fraction of sp³-hybridized carbons (Fsp3) is 0.875. The van der Waals surface area contributed by atoms with Crippen molar-refractivity contribution in [2.45, 2.75) is 84.0 Å². The van der Waals surface area contributed by atoms with Gasteiger partial charge >= 0.3 is 0 Å². The van der Waals surface area contributed by atoms with Gasteiger partial charge in [0.15, 0.2) is 0 Å². The van der Waals surface area contributed by atoms with E-state index in [1.54, 1.807) is 0 Å². The first kappa shape index (κ1) is 16.5. The molecule has 100 valence electrons. The maximum absolute atomic E-state index is 5.45. The smallest absolute Gasteiger partial charge is 0.00886 e. The fourth-order valence-electron chi connectivity index (χ4n) is 1.88. The lowest BCUT2D eigenvalue weighted by Gasteiger charge is -1.98. The summed E-state index contributed by atoms with van der Waals surface area (Å²) in [7, 11) is 0. The Balaban J connectivity index is 3.04. The largest absolute Gasteiger partial charge is 0.330 e. The monoisotopic (exact) mass is 237 g/mol. The molecule has 0 aromatic rings. The minimum atomic E-state index is 0.851. The van der Waals surface area contributed by atoms with Crippen LogP contribution in [0.15, 0.2) is 0 Å². The summed E-state index contributed by atoms with van der Waals surface area (Å²) >= 11 is 0. The van der Waals surface area contributed by atoms with E-state index in [4.69, 9.17) is 5.73 Å². The zero-order valence-electron chi connectivity index (χ0n) is 11.8. The molecule has 0 fully saturated rings. The van der Waals surface area contributed by atoms with Crippen LogP contribution in [0.2, 0.25) is 0 Å². The van der Waals surface area contributed by atoms with Gasteiger partial charge < -0.3 is 5.73 Å². The van der Waals surface area contributed by atoms with E-state index in [0.717, 1.165) is 19.4 Å². The van der Waals surface area contributed by atoms with Gasteiger partial charge in [-0.15, -0.1) is 11.8 Å². The highest BCUT2D eigenvalue weighted by Gasteiger charge is 1.89. The molecule has 0 heterocycles. The first-order chi connectivity index (χ1) is 8.41. The Hall–Kier alpha value is -0.480. The zero-order chi connectivity index (χ0) is 12.6. The Labute approximate surface area is 109 Å². The number of hydrogen-bond donors (Lipinski definition) is 1. The first-order valence-electron chi connectivity index (χ1n) is 7.57. The quantitative estimate of drug-likeness (QED) is 0.411. The maximum Gasteiger partial charge on any atom is 0.00886 e. The van der Waals surface area contributed by atoms with Crippen LogP contribution in [0.3, 0.4) is 0 Å². The molecule has 1 heteroatoms. The van der Waals surface area contributed by atoms with Gasteiger partial charge in [-0.3, -0.25) is 0 Å². The summed E-state index contributed by atoms with van der Waals surface area (Å²) in [5, 5.41) is 0. The predicted molar refractivity (Wildman–Crippen MR) is 77.9 cm³/mol. The minimum Gasteiger partial charge on any atom is -0.330 e. The Kier molecular flexibility index (Phi) is 15.1. The fourth-order valence-corrected chi connectivity index (χ4v) is 1.88. The molecule has 0 spiro atoms. The van der Waals surface area contributed by atoms with Crippen molar-refractivity contribution in [1.29, 1.82) is 0 Å². The summed E-state index contributed by atoms with van der Waals surface area (Å²) in [4.78, 5) is 0. The molecule has 0 atom stereocenters. The molecule has 1 nitrogen and oxygen atoms in total. The van der Waals surface area contributed by atoms with Crippen molar-refractivity contribution in [3.63, 3.8) is 0 Å². The van der Waals surface area contributed by atoms with E-state index in [0.29, 0.717) is 0 Å². The lowest BCUT2D eigenvalue weighted by molar-refractivity contribution is 0.602. The standard InChI is InChI=1S/C16H31N/c1-2-3-4-5-6-7-8-9-10-11-12-13-14-15-16-17/h2-6,9-17H2,1H3. The second kappa shape index (κ2) is 15.5. The Morgan fingerprint density at radius 1 is 0.647 bits per heavy atom. The Morgan fingerprint density at radius 3 is 1.65 bits per heavy atom. The van der Waals surface area contributed by atoms with Crippen LogP contribution in [0.1, 0.15) is 84.0 Å². The lowest BCUT2D eigenvalue weighted by atomic mass is 10.1. The molecule has 0 bridgehead atoms. The highest BCUT2D eigenvalue weighted by molar-refractivity contribution is 4.98. The van der Waals surface area contributed by atoms with E-state index in [1.165, 1.54) is 64.2 Å². The average Bonchev–Trinajstić information content (AvgIpc) is 2.35. The van der Waals surface area contributed by atoms with E-state index in [-0.39, 0.29) is 0 Å². The lowest BCUT2D eigenvalue weighted by Crippen LogP contribution is -1.97. The van der Waals surface area contributed by atoms with E-state index in [1.807, 2.05) is 0 Å². The second-order valence-electron chi connectivity index (χ2n) is 4.82. The molecular weight excluding hydrogens is 206 g/mol. The van der Waals surface area contributed by atoms with Gasteiger partial charge in [0, 0.05) is 12.8 Å². The highest BCUT2D eigenvalue weighted by atomic mass is 14.5. The number of nitrogens with two attached hydrogens (primary N) is 1. The SMILES string of the molecule is CCCCCCC#CCCCCCCCCN. The van der Waals surface area contributed by atoms with Crippen molar-refractivity contribution in [3.8, 4) is 11.8 Å². The summed E-state index contributed by atoms with van der Waals surface area (Å²) in [6.07, 6.45) is 15.4. The molecule has 0 unspecified atom stereocenters. The second-order valence-corrected chi connectivity index (χ2v) is 4.82. The first-order valence-corrected chi connectivity index (χ1v) is 7.57. The summed E-state index contributed by atoms with van der Waals surface area (Å²) in [6, 6.07) is 0. The van der Waals surface area contributed by atoms with Crippen molar-refractivity contribution in [1.82, 2.24) is 0 Å². The van der Waals surface area contributed by atoms with Crippen LogP contribution in [0.4, 0.5) is 0 Å². The summed E-state index contributed by atoms with van der Waals surface area (Å²) in [6.45, 7) is 3.10. The molecular formula is C16H31N. The van der Waals surface area contributed by atoms with Crippen LogP contribution >= 0.6 is 0 Å². The van der Waals surface area contributed by atoms with Crippen molar-refractivity contribution in [2.24, 2.45) is 5.73 Å². The van der Waals surface area contributed by atoms with E-state index in [9.17, 15) is 0 Å². The summed E-state index contributed by atoms with van der Waals surface area (Å²) in [5.74, 6) is 6.58. The third-order valence-electron chi connectivity index (χ3n) is 3.04. The van der Waals surface area contributed by atoms with Gasteiger partial charge in [0.2, 0.25) is 0 Å². The minimum absolute atomic E-state index is 0.851. The van der Waals surface area contributed by atoms with Gasteiger partial charge in [-0.2, -0.15) is 0 Å². The average molecular weight is 237 g/mol. The molecule has 0 aromatic heterocycles. The Bertz CT molecular complexity index is 187. The highest BCUT2D eigenvalue weighted by Crippen LogP contribution is 2.06. The van der Waals surface area contributed by atoms with Gasteiger partial charge in [-0.05, 0) is 25.8 Å². The van der Waals surface area contributed by atoms with Gasteiger partial charge in [0.25, 0.3) is 0 Å². The molecule has 0 saturated carbocycles. The van der Waals surface area contributed by atoms with Gasteiger partial charge in [-0.25, -0.2) is 0 Å². The number of hydrogen-bond acceptors (Lipinski definition) is 1. The predicted octanol–water partition coefficient (Wildman–Crippen LogP) is 4.65. The molecule has 0 saturated heterocycles. The number of rotatable bonds is 11. The van der Waals surface area contributed by atoms with Crippen LogP contribution in [-0.4, -0.2) is 6.54 Å². The molecule has 0 rings (SSSR count). The molecule has 0 aliphatic carbocycles. The van der Waals surface area contributed by atoms with Gasteiger partial charge in [0.1, 0.15) is 0 Å². The van der Waals surface area contributed by atoms with Gasteiger partial charge in [-0.1, -0.05) is 51.9 Å². The maximum atomic E-state index is 5.45. The zero-order valence-corrected chi connectivity index (χ0v) is 11.8. The molecule has 0 radical (unpaired) electrons. The summed E-state index contributed by atoms with van der Waals surface area (Å²) < 4.78 is 0.